The van der Waals surface area contributed by atoms with Gasteiger partial charge in [-0.3, -0.25) is 4.79 Å². The Labute approximate surface area is 104 Å². The van der Waals surface area contributed by atoms with Gasteiger partial charge in [0.1, 0.15) is 5.52 Å². The molecular weight excluding hydrogens is 236 g/mol. The van der Waals surface area contributed by atoms with Crippen LogP contribution in [0, 0.1) is 6.92 Å². The quantitative estimate of drug-likeness (QED) is 0.787. The normalized spacial score (nSPS) is 20.5. The fourth-order valence-corrected chi connectivity index (χ4v) is 2.46. The smallest absolute Gasteiger partial charge is 0.228 e. The number of aromatic nitrogens is 1. The first-order valence-electron chi connectivity index (χ1n) is 5.49. The molecule has 0 radical (unpaired) electrons. The summed E-state index contributed by atoms with van der Waals surface area (Å²) in [5.41, 5.74) is 2.41. The number of rotatable bonds is 1. The molecule has 1 saturated heterocycles. The van der Waals surface area contributed by atoms with Gasteiger partial charge in [0.25, 0.3) is 0 Å². The number of oxazole rings is 1. The van der Waals surface area contributed by atoms with Gasteiger partial charge in [0.15, 0.2) is 11.5 Å². The second-order valence-corrected chi connectivity index (χ2v) is 4.98. The molecule has 1 aliphatic heterocycles. The van der Waals surface area contributed by atoms with Crippen LogP contribution in [0.4, 0.5) is 5.69 Å². The number of nitrogens with zero attached hydrogens (tertiary/aromatic N) is 2. The maximum atomic E-state index is 11.8. The molecule has 0 aliphatic carbocycles. The number of thiol groups is 1. The van der Waals surface area contributed by atoms with E-state index in [0.717, 1.165) is 16.8 Å². The van der Waals surface area contributed by atoms with E-state index in [4.69, 9.17) is 4.42 Å². The molecule has 3 rings (SSSR count). The van der Waals surface area contributed by atoms with Crippen LogP contribution < -0.4 is 4.90 Å². The summed E-state index contributed by atoms with van der Waals surface area (Å²) in [4.78, 5) is 17.8. The molecular formula is C12H12N2O2S. The second kappa shape index (κ2) is 3.77. The number of fused-ring (bicyclic) bond motifs is 1. The molecule has 1 aliphatic rings. The number of hydrogen-bond acceptors (Lipinski definition) is 4. The second-order valence-electron chi connectivity index (χ2n) is 4.25. The van der Waals surface area contributed by atoms with Crippen LogP contribution in [0.5, 0.6) is 0 Å². The van der Waals surface area contributed by atoms with Crippen LogP contribution in [0.2, 0.25) is 0 Å². The van der Waals surface area contributed by atoms with Crippen molar-refractivity contribution in [2.45, 2.75) is 18.6 Å². The summed E-state index contributed by atoms with van der Waals surface area (Å²) in [7, 11) is 0. The zero-order valence-electron chi connectivity index (χ0n) is 9.38. The van der Waals surface area contributed by atoms with Crippen LogP contribution in [0.25, 0.3) is 11.1 Å². The van der Waals surface area contributed by atoms with Gasteiger partial charge in [-0.05, 0) is 18.2 Å². The topological polar surface area (TPSA) is 46.3 Å². The third-order valence-corrected chi connectivity index (χ3v) is 3.24. The van der Waals surface area contributed by atoms with Crippen LogP contribution in [0.15, 0.2) is 22.6 Å². The Hall–Kier alpha value is -1.49. The maximum absolute atomic E-state index is 11.8. The van der Waals surface area contributed by atoms with Crippen molar-refractivity contribution in [1.29, 1.82) is 0 Å². The average molecular weight is 248 g/mol. The molecule has 0 N–H and O–H groups in total. The first-order chi connectivity index (χ1) is 8.13. The summed E-state index contributed by atoms with van der Waals surface area (Å²) in [6.45, 7) is 2.47. The van der Waals surface area contributed by atoms with Crippen molar-refractivity contribution in [3.05, 3.63) is 24.1 Å². The molecule has 1 fully saturated rings. The third kappa shape index (κ3) is 1.80. The Morgan fingerprint density at radius 2 is 2.35 bits per heavy atom. The standard InChI is InChI=1S/C12H12N2O2S/c1-7-13-10-4-8(2-3-11(10)16-7)14-6-9(17)5-12(14)15/h2-4,9,17H,5-6H2,1H3. The van der Waals surface area contributed by atoms with Crippen molar-refractivity contribution in [2.24, 2.45) is 0 Å². The molecule has 1 unspecified atom stereocenters. The minimum absolute atomic E-state index is 0.115. The van der Waals surface area contributed by atoms with Crippen LogP contribution in [-0.2, 0) is 4.79 Å². The first kappa shape index (κ1) is 10.7. The zero-order valence-corrected chi connectivity index (χ0v) is 10.3. The highest BCUT2D eigenvalue weighted by Crippen LogP contribution is 2.27. The Kier molecular flexibility index (Phi) is 2.36. The van der Waals surface area contributed by atoms with Crippen molar-refractivity contribution in [2.75, 3.05) is 11.4 Å². The number of aryl methyl sites for hydroxylation is 1. The van der Waals surface area contributed by atoms with Crippen LogP contribution in [-0.4, -0.2) is 22.7 Å². The van der Waals surface area contributed by atoms with Crippen molar-refractivity contribution in [3.63, 3.8) is 0 Å². The summed E-state index contributed by atoms with van der Waals surface area (Å²) in [6.07, 6.45) is 0.499. The summed E-state index contributed by atoms with van der Waals surface area (Å²) >= 11 is 4.34. The Morgan fingerprint density at radius 1 is 1.53 bits per heavy atom. The molecule has 2 heterocycles. The minimum Gasteiger partial charge on any atom is -0.441 e. The van der Waals surface area contributed by atoms with Gasteiger partial charge in [0.05, 0.1) is 0 Å². The van der Waals surface area contributed by atoms with Gasteiger partial charge in [-0.2, -0.15) is 12.6 Å². The predicted octanol–water partition coefficient (Wildman–Crippen LogP) is 2.17. The minimum atomic E-state index is 0.115. The fraction of sp³-hybridized carbons (Fsp3) is 0.333. The van der Waals surface area contributed by atoms with Crippen LogP contribution in [0.1, 0.15) is 12.3 Å². The highest BCUT2D eigenvalue weighted by Gasteiger charge is 2.28. The van der Waals surface area contributed by atoms with Crippen molar-refractivity contribution < 1.29 is 9.21 Å². The highest BCUT2D eigenvalue weighted by molar-refractivity contribution is 7.81. The van der Waals surface area contributed by atoms with E-state index < -0.39 is 0 Å². The molecule has 2 aromatic rings. The summed E-state index contributed by atoms with van der Waals surface area (Å²) in [6, 6.07) is 5.62. The van der Waals surface area contributed by atoms with Gasteiger partial charge < -0.3 is 9.32 Å². The predicted molar refractivity (Wildman–Crippen MR) is 68.5 cm³/mol. The van der Waals surface area contributed by atoms with E-state index in [2.05, 4.69) is 17.6 Å². The van der Waals surface area contributed by atoms with Crippen LogP contribution in [0.3, 0.4) is 0 Å². The van der Waals surface area contributed by atoms with Crippen molar-refractivity contribution >= 4 is 35.3 Å². The summed E-state index contributed by atoms with van der Waals surface area (Å²) in [5.74, 6) is 0.751. The van der Waals surface area contributed by atoms with Gasteiger partial charge >= 0.3 is 0 Å². The number of benzene rings is 1. The lowest BCUT2D eigenvalue weighted by molar-refractivity contribution is -0.117. The van der Waals surface area contributed by atoms with Gasteiger partial charge in [-0.25, -0.2) is 4.98 Å². The lowest BCUT2D eigenvalue weighted by Gasteiger charge is -2.15. The van der Waals surface area contributed by atoms with Crippen molar-refractivity contribution in [3.8, 4) is 0 Å². The molecule has 0 spiro atoms. The van der Waals surface area contributed by atoms with Gasteiger partial charge in [-0.1, -0.05) is 0 Å². The number of hydrogen-bond donors (Lipinski definition) is 1. The maximum Gasteiger partial charge on any atom is 0.228 e. The van der Waals surface area contributed by atoms with E-state index in [-0.39, 0.29) is 11.2 Å². The van der Waals surface area contributed by atoms with Gasteiger partial charge in [0, 0.05) is 30.8 Å². The van der Waals surface area contributed by atoms with Gasteiger partial charge in [-0.15, -0.1) is 0 Å². The molecule has 5 heteroatoms. The molecule has 88 valence electrons. The number of carbonyl (C=O) groups is 1. The van der Waals surface area contributed by atoms with Crippen LogP contribution >= 0.6 is 12.6 Å². The van der Waals surface area contributed by atoms with Crippen molar-refractivity contribution in [1.82, 2.24) is 4.98 Å². The lowest BCUT2D eigenvalue weighted by Crippen LogP contribution is -2.24. The molecule has 1 atom stereocenters. The summed E-state index contributed by atoms with van der Waals surface area (Å²) < 4.78 is 5.40. The Bertz CT molecular complexity index is 593. The van der Waals surface area contributed by atoms with E-state index >= 15 is 0 Å². The van der Waals surface area contributed by atoms with Gasteiger partial charge in [0.2, 0.25) is 5.91 Å². The van der Waals surface area contributed by atoms with E-state index in [1.165, 1.54) is 0 Å². The molecule has 0 bridgehead atoms. The molecule has 1 aromatic carbocycles. The molecule has 4 nitrogen and oxygen atoms in total. The molecule has 1 amide bonds. The number of carbonyl (C=O) groups excluding carboxylic acids is 1. The first-order valence-corrected chi connectivity index (χ1v) is 6.01. The third-order valence-electron chi connectivity index (χ3n) is 2.89. The average Bonchev–Trinajstić information content (AvgIpc) is 2.78. The Morgan fingerprint density at radius 3 is 3.06 bits per heavy atom. The molecule has 17 heavy (non-hydrogen) atoms. The van der Waals surface area contributed by atoms with E-state index in [9.17, 15) is 4.79 Å². The lowest BCUT2D eigenvalue weighted by atomic mass is 10.2. The van der Waals surface area contributed by atoms with E-state index in [1.807, 2.05) is 25.1 Å². The molecule has 0 saturated carbocycles. The summed E-state index contributed by atoms with van der Waals surface area (Å²) in [5, 5.41) is 0.122. The zero-order chi connectivity index (χ0) is 12.0. The SMILES string of the molecule is Cc1nc2cc(N3CC(S)CC3=O)ccc2o1. The largest absolute Gasteiger partial charge is 0.441 e. The monoisotopic (exact) mass is 248 g/mol. The Balaban J connectivity index is 2.03. The molecule has 1 aromatic heterocycles. The van der Waals surface area contributed by atoms with E-state index in [1.54, 1.807) is 4.90 Å². The number of amides is 1. The number of anilines is 1. The van der Waals surface area contributed by atoms with E-state index in [0.29, 0.717) is 18.9 Å². The fourth-order valence-electron chi connectivity index (χ4n) is 2.14. The highest BCUT2D eigenvalue weighted by atomic mass is 32.1.